The third-order valence-corrected chi connectivity index (χ3v) is 3.52. The van der Waals surface area contributed by atoms with Gasteiger partial charge >= 0.3 is 6.03 Å². The number of carbonyl (C=O) groups is 1. The van der Waals surface area contributed by atoms with Crippen molar-refractivity contribution in [3.05, 3.63) is 52.6 Å². The molecule has 0 aliphatic rings. The van der Waals surface area contributed by atoms with Gasteiger partial charge in [-0.25, -0.2) is 9.78 Å². The predicted molar refractivity (Wildman–Crippen MR) is 87.6 cm³/mol. The van der Waals surface area contributed by atoms with E-state index >= 15 is 0 Å². The van der Waals surface area contributed by atoms with Crippen LogP contribution in [0, 0.1) is 13.8 Å². The van der Waals surface area contributed by atoms with Crippen molar-refractivity contribution in [2.24, 2.45) is 0 Å². The molecule has 2 aromatic heterocycles. The zero-order chi connectivity index (χ0) is 16.4. The number of anilines is 1. The van der Waals surface area contributed by atoms with Gasteiger partial charge < -0.3 is 10.6 Å². The number of benzene rings is 1. The van der Waals surface area contributed by atoms with Gasteiger partial charge in [-0.15, -0.1) is 10.2 Å². The Kier molecular flexibility index (Phi) is 4.12. The third kappa shape index (κ3) is 3.40. The van der Waals surface area contributed by atoms with Gasteiger partial charge in [0.15, 0.2) is 5.82 Å². The summed E-state index contributed by atoms with van der Waals surface area (Å²) in [5.41, 5.74) is 2.50. The highest BCUT2D eigenvalue weighted by molar-refractivity contribution is 6.30. The summed E-state index contributed by atoms with van der Waals surface area (Å²) in [5.74, 6) is 1.15. The molecule has 118 valence electrons. The Hall–Kier alpha value is -2.67. The van der Waals surface area contributed by atoms with Gasteiger partial charge in [0.2, 0.25) is 0 Å². The molecule has 0 saturated heterocycles. The van der Waals surface area contributed by atoms with E-state index in [1.165, 1.54) is 0 Å². The Morgan fingerprint density at radius 3 is 2.70 bits per heavy atom. The Morgan fingerprint density at radius 2 is 1.96 bits per heavy atom. The maximum Gasteiger partial charge on any atom is 0.319 e. The van der Waals surface area contributed by atoms with Gasteiger partial charge in [0.1, 0.15) is 0 Å². The van der Waals surface area contributed by atoms with Gasteiger partial charge in [-0.05, 0) is 44.2 Å². The van der Waals surface area contributed by atoms with E-state index in [2.05, 4.69) is 25.8 Å². The summed E-state index contributed by atoms with van der Waals surface area (Å²) in [4.78, 5) is 16.2. The number of urea groups is 1. The van der Waals surface area contributed by atoms with Crippen LogP contribution < -0.4 is 10.6 Å². The van der Waals surface area contributed by atoms with Crippen LogP contribution in [0.3, 0.4) is 0 Å². The Morgan fingerprint density at radius 1 is 1.22 bits per heavy atom. The van der Waals surface area contributed by atoms with Crippen LogP contribution in [0.25, 0.3) is 5.78 Å². The van der Waals surface area contributed by atoms with Crippen LogP contribution in [0.2, 0.25) is 5.02 Å². The highest BCUT2D eigenvalue weighted by atomic mass is 35.5. The lowest BCUT2D eigenvalue weighted by Gasteiger charge is -2.08. The summed E-state index contributed by atoms with van der Waals surface area (Å²) in [6, 6.07) is 8.48. The van der Waals surface area contributed by atoms with Crippen LogP contribution in [0.1, 0.15) is 17.2 Å². The molecule has 2 N–H and O–H groups in total. The van der Waals surface area contributed by atoms with Crippen molar-refractivity contribution < 1.29 is 4.79 Å². The first kappa shape index (κ1) is 15.2. The monoisotopic (exact) mass is 330 g/mol. The number of halogens is 1. The first-order valence-corrected chi connectivity index (χ1v) is 7.39. The first-order chi connectivity index (χ1) is 11.0. The van der Waals surface area contributed by atoms with Crippen LogP contribution in [-0.4, -0.2) is 25.6 Å². The summed E-state index contributed by atoms with van der Waals surface area (Å²) in [5, 5.41) is 14.2. The van der Waals surface area contributed by atoms with Crippen molar-refractivity contribution in [2.45, 2.75) is 20.4 Å². The van der Waals surface area contributed by atoms with E-state index in [0.717, 1.165) is 11.4 Å². The average Bonchev–Trinajstić information content (AvgIpc) is 2.91. The minimum Gasteiger partial charge on any atom is -0.331 e. The fraction of sp³-hybridized carbons (Fsp3) is 0.200. The molecule has 23 heavy (non-hydrogen) atoms. The van der Waals surface area contributed by atoms with Gasteiger partial charge in [0.05, 0.1) is 6.54 Å². The summed E-state index contributed by atoms with van der Waals surface area (Å²) >= 11 is 5.81. The largest absolute Gasteiger partial charge is 0.331 e. The molecule has 0 aliphatic heterocycles. The number of aromatic nitrogens is 4. The normalized spacial score (nSPS) is 10.7. The fourth-order valence-corrected chi connectivity index (χ4v) is 2.41. The number of amides is 2. The quantitative estimate of drug-likeness (QED) is 0.773. The van der Waals surface area contributed by atoms with Crippen molar-refractivity contribution in [1.82, 2.24) is 24.9 Å². The zero-order valence-corrected chi connectivity index (χ0v) is 13.4. The summed E-state index contributed by atoms with van der Waals surface area (Å²) in [6.07, 6.45) is 0. The van der Waals surface area contributed by atoms with Gasteiger partial charge in [-0.2, -0.15) is 0 Å². The number of nitrogens with one attached hydrogen (secondary N) is 2. The molecule has 0 saturated carbocycles. The van der Waals surface area contributed by atoms with Crippen LogP contribution in [0.15, 0.2) is 30.3 Å². The van der Waals surface area contributed by atoms with Gasteiger partial charge in [-0.1, -0.05) is 11.6 Å². The van der Waals surface area contributed by atoms with Gasteiger partial charge in [0.25, 0.3) is 5.78 Å². The zero-order valence-electron chi connectivity index (χ0n) is 12.7. The average molecular weight is 331 g/mol. The molecular formula is C15H15ClN6O. The topological polar surface area (TPSA) is 84.2 Å². The minimum atomic E-state index is -0.332. The molecule has 0 fully saturated rings. The molecule has 0 aliphatic carbocycles. The van der Waals surface area contributed by atoms with Crippen molar-refractivity contribution in [3.63, 3.8) is 0 Å². The van der Waals surface area contributed by atoms with Crippen molar-refractivity contribution >= 4 is 29.1 Å². The standard InChI is InChI=1S/C15H15ClN6O/c1-9-7-10(2)22-13(20-21-14(22)18-9)8-17-15(23)19-12-5-3-11(16)4-6-12/h3-7H,8H2,1-2H3,(H2,17,19,23). The molecule has 3 rings (SSSR count). The lowest BCUT2D eigenvalue weighted by Crippen LogP contribution is -2.29. The molecule has 3 aromatic rings. The minimum absolute atomic E-state index is 0.242. The second kappa shape index (κ2) is 6.21. The second-order valence-corrected chi connectivity index (χ2v) is 5.54. The smallest absolute Gasteiger partial charge is 0.319 e. The van der Waals surface area contributed by atoms with E-state index in [-0.39, 0.29) is 12.6 Å². The van der Waals surface area contributed by atoms with E-state index in [0.29, 0.717) is 22.3 Å². The number of hydrogen-bond acceptors (Lipinski definition) is 4. The molecular weight excluding hydrogens is 316 g/mol. The third-order valence-electron chi connectivity index (χ3n) is 3.27. The number of aryl methyl sites for hydroxylation is 2. The molecule has 0 unspecified atom stereocenters. The predicted octanol–water partition coefficient (Wildman–Crippen LogP) is 2.72. The first-order valence-electron chi connectivity index (χ1n) is 7.01. The summed E-state index contributed by atoms with van der Waals surface area (Å²) in [6.45, 7) is 4.09. The molecule has 2 heterocycles. The van der Waals surface area contributed by atoms with E-state index in [1.807, 2.05) is 24.3 Å². The van der Waals surface area contributed by atoms with E-state index in [9.17, 15) is 4.79 Å². The van der Waals surface area contributed by atoms with Crippen molar-refractivity contribution in [1.29, 1.82) is 0 Å². The van der Waals surface area contributed by atoms with E-state index in [1.54, 1.807) is 24.3 Å². The molecule has 0 radical (unpaired) electrons. The van der Waals surface area contributed by atoms with Crippen LogP contribution in [-0.2, 0) is 6.54 Å². The molecule has 7 nitrogen and oxygen atoms in total. The van der Waals surface area contributed by atoms with E-state index < -0.39 is 0 Å². The Bertz CT molecular complexity index is 858. The highest BCUT2D eigenvalue weighted by Gasteiger charge is 2.10. The molecule has 2 amide bonds. The van der Waals surface area contributed by atoms with Gasteiger partial charge in [0, 0.05) is 22.1 Å². The molecule has 1 aromatic carbocycles. The number of rotatable bonds is 3. The van der Waals surface area contributed by atoms with Crippen molar-refractivity contribution in [3.8, 4) is 0 Å². The molecule has 0 spiro atoms. The van der Waals surface area contributed by atoms with Crippen LogP contribution >= 0.6 is 11.6 Å². The van der Waals surface area contributed by atoms with Crippen LogP contribution in [0.5, 0.6) is 0 Å². The SMILES string of the molecule is Cc1cc(C)n2c(CNC(=O)Nc3ccc(Cl)cc3)nnc2n1. The second-order valence-electron chi connectivity index (χ2n) is 5.11. The lowest BCUT2D eigenvalue weighted by molar-refractivity contribution is 0.251. The molecule has 8 heteroatoms. The summed E-state index contributed by atoms with van der Waals surface area (Å²) < 4.78 is 1.82. The number of fused-ring (bicyclic) bond motifs is 1. The lowest BCUT2D eigenvalue weighted by atomic mass is 10.3. The number of carbonyl (C=O) groups excluding carboxylic acids is 1. The van der Waals surface area contributed by atoms with Gasteiger partial charge in [-0.3, -0.25) is 4.40 Å². The fourth-order valence-electron chi connectivity index (χ4n) is 2.28. The summed E-state index contributed by atoms with van der Waals surface area (Å²) in [7, 11) is 0. The number of nitrogens with zero attached hydrogens (tertiary/aromatic N) is 4. The van der Waals surface area contributed by atoms with Crippen molar-refractivity contribution in [2.75, 3.05) is 5.32 Å². The Balaban J connectivity index is 1.68. The molecule has 0 atom stereocenters. The van der Waals surface area contributed by atoms with E-state index in [4.69, 9.17) is 11.6 Å². The maximum absolute atomic E-state index is 11.9. The highest BCUT2D eigenvalue weighted by Crippen LogP contribution is 2.13. The van der Waals surface area contributed by atoms with Crippen LogP contribution in [0.4, 0.5) is 10.5 Å². The Labute approximate surface area is 137 Å². The molecule has 0 bridgehead atoms. The maximum atomic E-state index is 11.9. The number of hydrogen-bond donors (Lipinski definition) is 2.